The zero-order chi connectivity index (χ0) is 22.8. The van der Waals surface area contributed by atoms with E-state index in [2.05, 4.69) is 15.5 Å². The molecule has 0 atom stereocenters. The maximum atomic E-state index is 13.8. The smallest absolute Gasteiger partial charge is 0.252 e. The van der Waals surface area contributed by atoms with E-state index in [4.69, 9.17) is 4.98 Å². The fourth-order valence-corrected chi connectivity index (χ4v) is 4.09. The fourth-order valence-electron chi connectivity index (χ4n) is 4.09. The molecule has 8 heteroatoms. The van der Waals surface area contributed by atoms with Crippen LogP contribution in [0.5, 0.6) is 0 Å². The topological polar surface area (TPSA) is 77.6 Å². The molecule has 170 valence electrons. The second-order valence-electron chi connectivity index (χ2n) is 8.58. The van der Waals surface area contributed by atoms with Crippen LogP contribution in [0.1, 0.15) is 23.2 Å². The number of carbonyl (C=O) groups is 2. The van der Waals surface area contributed by atoms with Crippen LogP contribution in [0, 0.1) is 5.82 Å². The van der Waals surface area contributed by atoms with Gasteiger partial charge in [-0.3, -0.25) is 14.5 Å². The lowest BCUT2D eigenvalue weighted by atomic mass is 10.1. The van der Waals surface area contributed by atoms with E-state index in [-0.39, 0.29) is 30.1 Å². The number of piperazine rings is 1. The molecule has 33 heavy (non-hydrogen) atoms. The molecule has 0 unspecified atom stereocenters. The number of para-hydroxylation sites is 2. The zero-order valence-corrected chi connectivity index (χ0v) is 18.3. The minimum absolute atomic E-state index is 0.0548. The predicted molar refractivity (Wildman–Crippen MR) is 126 cm³/mol. The molecule has 2 N–H and O–H groups in total. The van der Waals surface area contributed by atoms with Crippen molar-refractivity contribution in [3.63, 3.8) is 0 Å². The van der Waals surface area contributed by atoms with Gasteiger partial charge in [0.2, 0.25) is 5.91 Å². The summed E-state index contributed by atoms with van der Waals surface area (Å²) >= 11 is 0. The Labute approximate surface area is 191 Å². The Bertz CT molecular complexity index is 1190. The summed E-state index contributed by atoms with van der Waals surface area (Å²) in [5.74, 6) is 0.0295. The molecule has 1 aliphatic carbocycles. The third-order valence-electron chi connectivity index (χ3n) is 6.07. The van der Waals surface area contributed by atoms with Crippen molar-refractivity contribution in [2.45, 2.75) is 18.9 Å². The van der Waals surface area contributed by atoms with Crippen molar-refractivity contribution in [2.75, 3.05) is 42.9 Å². The van der Waals surface area contributed by atoms with Gasteiger partial charge in [0.05, 0.1) is 23.3 Å². The summed E-state index contributed by atoms with van der Waals surface area (Å²) in [7, 11) is 0. The number of anilines is 2. The van der Waals surface area contributed by atoms with E-state index in [1.807, 2.05) is 35.2 Å². The highest BCUT2D eigenvalue weighted by molar-refractivity contribution is 6.07. The number of nitrogens with one attached hydrogen (secondary N) is 2. The monoisotopic (exact) mass is 447 g/mol. The molecule has 7 nitrogen and oxygen atoms in total. The molecule has 1 aromatic heterocycles. The van der Waals surface area contributed by atoms with Gasteiger partial charge < -0.3 is 15.5 Å². The predicted octanol–water partition coefficient (Wildman–Crippen LogP) is 3.03. The number of hydrogen-bond donors (Lipinski definition) is 2. The first kappa shape index (κ1) is 21.3. The van der Waals surface area contributed by atoms with Crippen LogP contribution in [0.15, 0.2) is 54.6 Å². The number of amides is 2. The van der Waals surface area contributed by atoms with Gasteiger partial charge in [0.25, 0.3) is 5.91 Å². The van der Waals surface area contributed by atoms with E-state index in [1.165, 1.54) is 6.07 Å². The Balaban J connectivity index is 1.25. The molecule has 2 aliphatic rings. The highest BCUT2D eigenvalue weighted by Crippen LogP contribution is 2.26. The summed E-state index contributed by atoms with van der Waals surface area (Å²) in [6, 6.07) is 16.0. The van der Waals surface area contributed by atoms with Gasteiger partial charge in [0.15, 0.2) is 0 Å². The molecule has 1 saturated heterocycles. The number of benzene rings is 2. The molecule has 2 heterocycles. The van der Waals surface area contributed by atoms with Crippen LogP contribution in [-0.4, -0.2) is 60.5 Å². The average Bonchev–Trinajstić information content (AvgIpc) is 3.64. The van der Waals surface area contributed by atoms with E-state index in [0.29, 0.717) is 31.7 Å². The Morgan fingerprint density at radius 1 is 1.00 bits per heavy atom. The summed E-state index contributed by atoms with van der Waals surface area (Å²) in [5.41, 5.74) is 1.63. The lowest BCUT2D eigenvalue weighted by Crippen LogP contribution is -2.49. The minimum Gasteiger partial charge on any atom is -0.354 e. The third-order valence-corrected chi connectivity index (χ3v) is 6.07. The molecule has 2 fully saturated rings. The standard InChI is InChI=1S/C25H26FN5O2/c26-20-6-2-4-8-22(20)29-24(32)16-30-11-13-31(14-12-30)23-15-19(25(33)27-17-9-10-17)18-5-1-3-7-21(18)28-23/h1-8,15,17H,9-14,16H2,(H,27,33)(H,29,32). The maximum absolute atomic E-state index is 13.8. The van der Waals surface area contributed by atoms with Crippen molar-refractivity contribution in [2.24, 2.45) is 0 Å². The number of rotatable bonds is 6. The number of carbonyl (C=O) groups excluding carboxylic acids is 2. The first-order chi connectivity index (χ1) is 16.1. The van der Waals surface area contributed by atoms with E-state index >= 15 is 0 Å². The fraction of sp³-hybridized carbons (Fsp3) is 0.320. The van der Waals surface area contributed by atoms with E-state index in [1.54, 1.807) is 18.2 Å². The van der Waals surface area contributed by atoms with Crippen LogP contribution >= 0.6 is 0 Å². The Hall–Kier alpha value is -3.52. The number of aromatic nitrogens is 1. The van der Waals surface area contributed by atoms with E-state index in [0.717, 1.165) is 29.6 Å². The highest BCUT2D eigenvalue weighted by atomic mass is 19.1. The largest absolute Gasteiger partial charge is 0.354 e. The van der Waals surface area contributed by atoms with Gasteiger partial charge in [-0.05, 0) is 37.1 Å². The summed E-state index contributed by atoms with van der Waals surface area (Å²) in [6.45, 7) is 2.90. The molecule has 0 radical (unpaired) electrons. The number of pyridine rings is 1. The lowest BCUT2D eigenvalue weighted by molar-refractivity contribution is -0.117. The van der Waals surface area contributed by atoms with Crippen LogP contribution in [-0.2, 0) is 4.79 Å². The quantitative estimate of drug-likeness (QED) is 0.608. The molecule has 2 amide bonds. The Morgan fingerprint density at radius 2 is 1.73 bits per heavy atom. The summed E-state index contributed by atoms with van der Waals surface area (Å²) in [4.78, 5) is 34.2. The second-order valence-corrected chi connectivity index (χ2v) is 8.58. The molecule has 0 spiro atoms. The summed E-state index contributed by atoms with van der Waals surface area (Å²) in [6.07, 6.45) is 2.07. The van der Waals surface area contributed by atoms with E-state index in [9.17, 15) is 14.0 Å². The maximum Gasteiger partial charge on any atom is 0.252 e. The molecular weight excluding hydrogens is 421 g/mol. The summed E-state index contributed by atoms with van der Waals surface area (Å²) < 4.78 is 13.8. The minimum atomic E-state index is -0.445. The van der Waals surface area contributed by atoms with Gasteiger partial charge in [-0.1, -0.05) is 30.3 Å². The van der Waals surface area contributed by atoms with Crippen molar-refractivity contribution >= 4 is 34.2 Å². The Morgan fingerprint density at radius 3 is 2.48 bits per heavy atom. The van der Waals surface area contributed by atoms with Crippen molar-refractivity contribution < 1.29 is 14.0 Å². The van der Waals surface area contributed by atoms with Gasteiger partial charge in [-0.15, -0.1) is 0 Å². The average molecular weight is 448 g/mol. The highest BCUT2D eigenvalue weighted by Gasteiger charge is 2.26. The van der Waals surface area contributed by atoms with Crippen LogP contribution in [0.4, 0.5) is 15.9 Å². The van der Waals surface area contributed by atoms with Crippen LogP contribution in [0.2, 0.25) is 0 Å². The second kappa shape index (κ2) is 9.15. The van der Waals surface area contributed by atoms with Crippen molar-refractivity contribution in [1.82, 2.24) is 15.2 Å². The van der Waals surface area contributed by atoms with Crippen molar-refractivity contribution in [3.05, 3.63) is 66.0 Å². The van der Waals surface area contributed by atoms with Crippen LogP contribution in [0.25, 0.3) is 10.9 Å². The lowest BCUT2D eigenvalue weighted by Gasteiger charge is -2.35. The van der Waals surface area contributed by atoms with Crippen LogP contribution in [0.3, 0.4) is 0 Å². The normalized spacial score (nSPS) is 16.6. The van der Waals surface area contributed by atoms with Crippen molar-refractivity contribution in [1.29, 1.82) is 0 Å². The number of hydrogen-bond acceptors (Lipinski definition) is 5. The molecule has 5 rings (SSSR count). The van der Waals surface area contributed by atoms with Gasteiger partial charge in [0.1, 0.15) is 11.6 Å². The molecule has 1 saturated carbocycles. The number of halogens is 1. The first-order valence-corrected chi connectivity index (χ1v) is 11.3. The van der Waals surface area contributed by atoms with Gasteiger partial charge >= 0.3 is 0 Å². The van der Waals surface area contributed by atoms with Crippen molar-refractivity contribution in [3.8, 4) is 0 Å². The van der Waals surface area contributed by atoms with E-state index < -0.39 is 5.82 Å². The number of nitrogens with zero attached hydrogens (tertiary/aromatic N) is 3. The Kier molecular flexibility index (Phi) is 5.92. The SMILES string of the molecule is O=C(CN1CCN(c2cc(C(=O)NC3CC3)c3ccccc3n2)CC1)Nc1ccccc1F. The molecule has 0 bridgehead atoms. The first-order valence-electron chi connectivity index (χ1n) is 11.3. The number of fused-ring (bicyclic) bond motifs is 1. The third kappa shape index (κ3) is 4.96. The van der Waals surface area contributed by atoms with Gasteiger partial charge in [-0.25, -0.2) is 9.37 Å². The van der Waals surface area contributed by atoms with Gasteiger partial charge in [-0.2, -0.15) is 0 Å². The molecule has 3 aromatic rings. The molecule has 1 aliphatic heterocycles. The molecular formula is C25H26FN5O2. The van der Waals surface area contributed by atoms with Gasteiger partial charge in [0, 0.05) is 37.6 Å². The zero-order valence-electron chi connectivity index (χ0n) is 18.3. The summed E-state index contributed by atoms with van der Waals surface area (Å²) in [5, 5.41) is 6.57. The molecule has 2 aromatic carbocycles. The van der Waals surface area contributed by atoms with Crippen LogP contribution < -0.4 is 15.5 Å².